The lowest BCUT2D eigenvalue weighted by Crippen LogP contribution is -2.22. The molecule has 0 atom stereocenters. The van der Waals surface area contributed by atoms with Crippen LogP contribution < -0.4 is 4.90 Å². The minimum absolute atomic E-state index is 0.611. The van der Waals surface area contributed by atoms with Crippen LogP contribution in [-0.2, 0) is 7.05 Å². The molecule has 0 aliphatic carbocycles. The molecule has 0 bridgehead atoms. The number of nitrogens with zero attached hydrogens (tertiary/aromatic N) is 3. The van der Waals surface area contributed by atoms with E-state index in [1.54, 1.807) is 0 Å². The Morgan fingerprint density at radius 2 is 2.13 bits per heavy atom. The molecule has 0 N–H and O–H groups in total. The van der Waals surface area contributed by atoms with Crippen molar-refractivity contribution in [1.82, 2.24) is 9.55 Å². The van der Waals surface area contributed by atoms with Crippen molar-refractivity contribution in [2.24, 2.45) is 7.05 Å². The zero-order valence-corrected chi connectivity index (χ0v) is 9.70. The van der Waals surface area contributed by atoms with Crippen molar-refractivity contribution in [1.29, 1.82) is 0 Å². The number of halogens is 1. The van der Waals surface area contributed by atoms with Crippen LogP contribution in [0, 0.1) is 0 Å². The molecule has 0 radical (unpaired) electrons. The average molecular weight is 224 g/mol. The Balaban J connectivity index is 2.48. The number of rotatable bonds is 3. The second-order valence-electron chi connectivity index (χ2n) is 3.57. The van der Waals surface area contributed by atoms with Gasteiger partial charge in [-0.1, -0.05) is 12.1 Å². The van der Waals surface area contributed by atoms with Gasteiger partial charge in [-0.3, -0.25) is 0 Å². The molecule has 0 unspecified atom stereocenters. The lowest BCUT2D eigenvalue weighted by molar-refractivity contribution is 0.843. The van der Waals surface area contributed by atoms with Gasteiger partial charge in [0.25, 0.3) is 0 Å². The summed E-state index contributed by atoms with van der Waals surface area (Å²) in [7, 11) is 4.03. The van der Waals surface area contributed by atoms with E-state index < -0.39 is 0 Å². The monoisotopic (exact) mass is 223 g/mol. The number of aryl methyl sites for hydroxylation is 1. The van der Waals surface area contributed by atoms with E-state index in [9.17, 15) is 0 Å². The number of benzene rings is 1. The third kappa shape index (κ3) is 1.79. The number of aromatic nitrogens is 2. The van der Waals surface area contributed by atoms with Gasteiger partial charge in [0.2, 0.25) is 5.95 Å². The standard InChI is InChI=1S/C11H14ClN3/c1-14(8-7-12)11-13-9-5-3-4-6-10(9)15(11)2/h3-6H,7-8H2,1-2H3. The van der Waals surface area contributed by atoms with Crippen LogP contribution in [0.15, 0.2) is 24.3 Å². The highest BCUT2D eigenvalue weighted by Crippen LogP contribution is 2.19. The maximum absolute atomic E-state index is 5.72. The molecule has 0 amide bonds. The van der Waals surface area contributed by atoms with Crippen molar-refractivity contribution in [2.75, 3.05) is 24.4 Å². The third-order valence-electron chi connectivity index (χ3n) is 2.52. The van der Waals surface area contributed by atoms with E-state index in [4.69, 9.17) is 11.6 Å². The number of para-hydroxylation sites is 2. The van der Waals surface area contributed by atoms with Crippen LogP contribution in [0.1, 0.15) is 0 Å². The summed E-state index contributed by atoms with van der Waals surface area (Å²) >= 11 is 5.72. The van der Waals surface area contributed by atoms with E-state index in [-0.39, 0.29) is 0 Å². The maximum atomic E-state index is 5.72. The molecule has 2 rings (SSSR count). The summed E-state index contributed by atoms with van der Waals surface area (Å²) in [5.74, 6) is 1.57. The fraction of sp³-hybridized carbons (Fsp3) is 0.364. The number of imidazole rings is 1. The fourth-order valence-corrected chi connectivity index (χ4v) is 1.95. The molecule has 0 aliphatic heterocycles. The first-order valence-corrected chi connectivity index (χ1v) is 5.46. The highest BCUT2D eigenvalue weighted by molar-refractivity contribution is 6.18. The summed E-state index contributed by atoms with van der Waals surface area (Å²) in [6.07, 6.45) is 0. The van der Waals surface area contributed by atoms with Crippen molar-refractivity contribution in [3.8, 4) is 0 Å². The molecular weight excluding hydrogens is 210 g/mol. The Labute approximate surface area is 94.3 Å². The summed E-state index contributed by atoms with van der Waals surface area (Å²) < 4.78 is 2.09. The molecule has 0 saturated carbocycles. The number of anilines is 1. The molecule has 0 spiro atoms. The van der Waals surface area contributed by atoms with E-state index in [0.29, 0.717) is 5.88 Å². The lowest BCUT2D eigenvalue weighted by atomic mass is 10.3. The predicted molar refractivity (Wildman–Crippen MR) is 64.7 cm³/mol. The van der Waals surface area contributed by atoms with Crippen LogP contribution in [0.2, 0.25) is 0 Å². The second kappa shape index (κ2) is 4.11. The summed E-state index contributed by atoms with van der Waals surface area (Å²) in [6.45, 7) is 0.804. The normalized spacial score (nSPS) is 10.9. The molecule has 1 aromatic carbocycles. The zero-order valence-electron chi connectivity index (χ0n) is 8.94. The maximum Gasteiger partial charge on any atom is 0.206 e. The van der Waals surface area contributed by atoms with Crippen molar-refractivity contribution in [3.63, 3.8) is 0 Å². The van der Waals surface area contributed by atoms with Crippen molar-refractivity contribution < 1.29 is 0 Å². The minimum atomic E-state index is 0.611. The van der Waals surface area contributed by atoms with Gasteiger partial charge in [-0.25, -0.2) is 4.98 Å². The van der Waals surface area contributed by atoms with Gasteiger partial charge in [-0.15, -0.1) is 11.6 Å². The molecule has 0 aliphatic rings. The van der Waals surface area contributed by atoms with Crippen LogP contribution in [0.4, 0.5) is 5.95 Å². The lowest BCUT2D eigenvalue weighted by Gasteiger charge is -2.16. The first kappa shape index (κ1) is 10.3. The van der Waals surface area contributed by atoms with Crippen LogP contribution >= 0.6 is 11.6 Å². The predicted octanol–water partition coefficient (Wildman–Crippen LogP) is 2.25. The Kier molecular flexibility index (Phi) is 2.82. The van der Waals surface area contributed by atoms with Gasteiger partial charge in [0.05, 0.1) is 11.0 Å². The fourth-order valence-electron chi connectivity index (χ4n) is 1.70. The van der Waals surface area contributed by atoms with Crippen LogP contribution in [0.5, 0.6) is 0 Å². The van der Waals surface area contributed by atoms with Crippen LogP contribution in [0.25, 0.3) is 11.0 Å². The van der Waals surface area contributed by atoms with Crippen molar-refractivity contribution in [2.45, 2.75) is 0 Å². The van der Waals surface area contributed by atoms with E-state index in [1.807, 2.05) is 32.3 Å². The number of fused-ring (bicyclic) bond motifs is 1. The number of hydrogen-bond donors (Lipinski definition) is 0. The van der Waals surface area contributed by atoms with Crippen LogP contribution in [0.3, 0.4) is 0 Å². The van der Waals surface area contributed by atoms with Gasteiger partial charge in [-0.2, -0.15) is 0 Å². The molecule has 1 aromatic heterocycles. The zero-order chi connectivity index (χ0) is 10.8. The SMILES string of the molecule is CN(CCCl)c1nc2ccccc2n1C. The third-order valence-corrected chi connectivity index (χ3v) is 2.69. The van der Waals surface area contributed by atoms with E-state index in [1.165, 1.54) is 0 Å². The molecule has 4 heteroatoms. The first-order chi connectivity index (χ1) is 7.24. The van der Waals surface area contributed by atoms with Gasteiger partial charge in [0.15, 0.2) is 0 Å². The molecule has 0 saturated heterocycles. The Morgan fingerprint density at radius 3 is 2.80 bits per heavy atom. The highest BCUT2D eigenvalue weighted by Gasteiger charge is 2.10. The largest absolute Gasteiger partial charge is 0.344 e. The smallest absolute Gasteiger partial charge is 0.206 e. The van der Waals surface area contributed by atoms with Crippen LogP contribution in [-0.4, -0.2) is 29.0 Å². The molecular formula is C11H14ClN3. The summed E-state index contributed by atoms with van der Waals surface area (Å²) in [4.78, 5) is 6.62. The molecule has 0 fully saturated rings. The minimum Gasteiger partial charge on any atom is -0.344 e. The quantitative estimate of drug-likeness (QED) is 0.745. The Bertz CT molecular complexity index is 464. The average Bonchev–Trinajstić information content (AvgIpc) is 2.57. The first-order valence-electron chi connectivity index (χ1n) is 4.92. The Hall–Kier alpha value is -1.22. The van der Waals surface area contributed by atoms with Gasteiger partial charge in [0, 0.05) is 26.5 Å². The van der Waals surface area contributed by atoms with Gasteiger partial charge >= 0.3 is 0 Å². The molecule has 3 nitrogen and oxygen atoms in total. The van der Waals surface area contributed by atoms with Gasteiger partial charge in [0.1, 0.15) is 0 Å². The summed E-state index contributed by atoms with van der Waals surface area (Å²) in [6, 6.07) is 8.11. The number of alkyl halides is 1. The van der Waals surface area contributed by atoms with Gasteiger partial charge < -0.3 is 9.47 Å². The summed E-state index contributed by atoms with van der Waals surface area (Å²) in [5, 5.41) is 0. The molecule has 80 valence electrons. The molecule has 15 heavy (non-hydrogen) atoms. The van der Waals surface area contributed by atoms with E-state index >= 15 is 0 Å². The summed E-state index contributed by atoms with van der Waals surface area (Å²) in [5.41, 5.74) is 2.17. The van der Waals surface area contributed by atoms with Crippen molar-refractivity contribution >= 4 is 28.6 Å². The van der Waals surface area contributed by atoms with E-state index in [2.05, 4.69) is 20.5 Å². The highest BCUT2D eigenvalue weighted by atomic mass is 35.5. The van der Waals surface area contributed by atoms with Crippen molar-refractivity contribution in [3.05, 3.63) is 24.3 Å². The number of hydrogen-bond acceptors (Lipinski definition) is 2. The topological polar surface area (TPSA) is 21.1 Å². The Morgan fingerprint density at radius 1 is 1.40 bits per heavy atom. The molecule has 1 heterocycles. The molecule has 2 aromatic rings. The van der Waals surface area contributed by atoms with E-state index in [0.717, 1.165) is 23.5 Å². The second-order valence-corrected chi connectivity index (χ2v) is 3.95. The van der Waals surface area contributed by atoms with Gasteiger partial charge in [-0.05, 0) is 12.1 Å².